The third-order valence-corrected chi connectivity index (χ3v) is 7.00. The minimum absolute atomic E-state index is 0.374. The fraction of sp³-hybridized carbons (Fsp3) is 0. The molecule has 0 N–H and O–H groups in total. The molecule has 6 rings (SSSR count). The number of nitriles is 2. The second-order valence-electron chi connectivity index (χ2n) is 9.43. The number of rotatable bonds is 6. The molecule has 0 saturated heterocycles. The molecule has 192 valence electrons. The average molecular weight is 526 g/mol. The van der Waals surface area contributed by atoms with Crippen LogP contribution in [0, 0.1) is 22.7 Å². The van der Waals surface area contributed by atoms with Gasteiger partial charge in [0.15, 0.2) is 0 Å². The minimum Gasteiger partial charge on any atom is -0.311 e. The van der Waals surface area contributed by atoms with E-state index in [0.29, 0.717) is 11.1 Å². The van der Waals surface area contributed by atoms with Crippen molar-refractivity contribution in [2.45, 2.75) is 0 Å². The van der Waals surface area contributed by atoms with Crippen molar-refractivity contribution in [2.24, 2.45) is 0 Å². The SMILES string of the molecule is N#Cc1ccc(-c2ccc(N(c3ccc(-c4ccncc4)cc3)c3ccc(-c4ccncc4)cc3)cc2)cc1C#N. The fourth-order valence-corrected chi connectivity index (χ4v) is 4.86. The molecule has 0 fully saturated rings. The Kier molecular flexibility index (Phi) is 7.00. The van der Waals surface area contributed by atoms with Crippen molar-refractivity contribution in [2.75, 3.05) is 4.90 Å². The van der Waals surface area contributed by atoms with Crippen LogP contribution in [0.4, 0.5) is 17.1 Å². The van der Waals surface area contributed by atoms with E-state index in [0.717, 1.165) is 50.4 Å². The van der Waals surface area contributed by atoms with Crippen molar-refractivity contribution in [1.29, 1.82) is 10.5 Å². The molecule has 0 spiro atoms. The molecular formula is C36H23N5. The van der Waals surface area contributed by atoms with Gasteiger partial charge in [0, 0.05) is 41.8 Å². The van der Waals surface area contributed by atoms with Gasteiger partial charge in [-0.25, -0.2) is 0 Å². The van der Waals surface area contributed by atoms with Crippen molar-refractivity contribution >= 4 is 17.1 Å². The number of benzene rings is 4. The Morgan fingerprint density at radius 1 is 0.390 bits per heavy atom. The van der Waals surface area contributed by atoms with Crippen LogP contribution >= 0.6 is 0 Å². The number of hydrogen-bond acceptors (Lipinski definition) is 5. The molecule has 4 aromatic carbocycles. The molecule has 5 nitrogen and oxygen atoms in total. The average Bonchev–Trinajstić information content (AvgIpc) is 3.06. The summed E-state index contributed by atoms with van der Waals surface area (Å²) in [4.78, 5) is 10.5. The molecule has 0 aliphatic carbocycles. The molecule has 0 saturated carbocycles. The van der Waals surface area contributed by atoms with Crippen molar-refractivity contribution in [1.82, 2.24) is 9.97 Å². The molecule has 0 unspecified atom stereocenters. The Morgan fingerprint density at radius 2 is 0.732 bits per heavy atom. The number of pyridine rings is 2. The van der Waals surface area contributed by atoms with E-state index in [1.54, 1.807) is 36.9 Å². The Morgan fingerprint density at radius 3 is 1.12 bits per heavy atom. The van der Waals surface area contributed by atoms with Gasteiger partial charge in [-0.15, -0.1) is 0 Å². The van der Waals surface area contributed by atoms with Gasteiger partial charge in [0.1, 0.15) is 12.1 Å². The first-order chi connectivity index (χ1) is 20.2. The van der Waals surface area contributed by atoms with Crippen molar-refractivity contribution in [3.05, 3.63) is 151 Å². The summed E-state index contributed by atoms with van der Waals surface area (Å²) in [6, 6.07) is 42.8. The van der Waals surface area contributed by atoms with Crippen LogP contribution in [-0.4, -0.2) is 9.97 Å². The molecule has 0 aliphatic heterocycles. The number of nitrogens with zero attached hydrogens (tertiary/aromatic N) is 5. The van der Waals surface area contributed by atoms with Gasteiger partial charge in [-0.2, -0.15) is 10.5 Å². The van der Waals surface area contributed by atoms with Crippen molar-refractivity contribution in [3.8, 4) is 45.5 Å². The topological polar surface area (TPSA) is 76.6 Å². The van der Waals surface area contributed by atoms with E-state index >= 15 is 0 Å². The predicted molar refractivity (Wildman–Crippen MR) is 162 cm³/mol. The quantitative estimate of drug-likeness (QED) is 0.217. The molecular weight excluding hydrogens is 502 g/mol. The van der Waals surface area contributed by atoms with Gasteiger partial charge in [-0.1, -0.05) is 42.5 Å². The summed E-state index contributed by atoms with van der Waals surface area (Å²) in [6.45, 7) is 0. The largest absolute Gasteiger partial charge is 0.311 e. The minimum atomic E-state index is 0.374. The Bertz CT molecular complexity index is 1780. The summed E-state index contributed by atoms with van der Waals surface area (Å²) in [5.41, 5.74) is 10.1. The van der Waals surface area contributed by atoms with Crippen molar-refractivity contribution < 1.29 is 0 Å². The highest BCUT2D eigenvalue weighted by atomic mass is 15.1. The van der Waals surface area contributed by atoms with E-state index in [1.807, 2.05) is 42.5 Å². The zero-order chi connectivity index (χ0) is 28.0. The van der Waals surface area contributed by atoms with Gasteiger partial charge in [-0.3, -0.25) is 9.97 Å². The van der Waals surface area contributed by atoms with Gasteiger partial charge >= 0.3 is 0 Å². The number of anilines is 3. The summed E-state index contributed by atoms with van der Waals surface area (Å²) in [6.07, 6.45) is 7.20. The lowest BCUT2D eigenvalue weighted by Gasteiger charge is -2.26. The van der Waals surface area contributed by atoms with Gasteiger partial charge in [0.25, 0.3) is 0 Å². The summed E-state index contributed by atoms with van der Waals surface area (Å²) in [7, 11) is 0. The standard InChI is InChI=1S/C36H23N5/c37-24-32-2-1-31(23-33(32)25-38)28-7-13-36(14-8-28)41(34-9-3-26(4-10-34)29-15-19-39-20-16-29)35-11-5-27(6-12-35)30-17-21-40-22-18-30/h1-23H. The van der Waals surface area contributed by atoms with Crippen LogP contribution in [0.15, 0.2) is 140 Å². The molecule has 0 bridgehead atoms. The lowest BCUT2D eigenvalue weighted by atomic mass is 9.99. The zero-order valence-corrected chi connectivity index (χ0v) is 22.0. The second kappa shape index (κ2) is 11.4. The monoisotopic (exact) mass is 525 g/mol. The lowest BCUT2D eigenvalue weighted by molar-refractivity contribution is 1.28. The normalized spacial score (nSPS) is 10.4. The number of aromatic nitrogens is 2. The van der Waals surface area contributed by atoms with Gasteiger partial charge < -0.3 is 4.90 Å². The summed E-state index contributed by atoms with van der Waals surface area (Å²) in [5, 5.41) is 18.7. The molecule has 0 amide bonds. The Labute approximate surface area is 238 Å². The number of hydrogen-bond donors (Lipinski definition) is 0. The maximum atomic E-state index is 9.46. The highest BCUT2D eigenvalue weighted by Crippen LogP contribution is 2.37. The molecule has 5 heteroatoms. The van der Waals surface area contributed by atoms with Crippen molar-refractivity contribution in [3.63, 3.8) is 0 Å². The van der Waals surface area contributed by atoms with E-state index in [2.05, 4.69) is 87.7 Å². The lowest BCUT2D eigenvalue weighted by Crippen LogP contribution is -2.09. The van der Waals surface area contributed by atoms with E-state index < -0.39 is 0 Å². The maximum Gasteiger partial charge on any atom is 0.101 e. The van der Waals surface area contributed by atoms with Crippen LogP contribution in [0.2, 0.25) is 0 Å². The van der Waals surface area contributed by atoms with Crippen LogP contribution in [-0.2, 0) is 0 Å². The summed E-state index contributed by atoms with van der Waals surface area (Å²) in [5.74, 6) is 0. The van der Waals surface area contributed by atoms with Gasteiger partial charge in [0.2, 0.25) is 0 Å². The smallest absolute Gasteiger partial charge is 0.101 e. The molecule has 6 aromatic rings. The van der Waals surface area contributed by atoms with E-state index in [4.69, 9.17) is 0 Å². The Hall–Kier alpha value is -6.04. The molecule has 2 aromatic heterocycles. The van der Waals surface area contributed by atoms with E-state index in [9.17, 15) is 10.5 Å². The fourth-order valence-electron chi connectivity index (χ4n) is 4.86. The van der Waals surface area contributed by atoms with Crippen LogP contribution in [0.3, 0.4) is 0 Å². The van der Waals surface area contributed by atoms with Crippen LogP contribution in [0.5, 0.6) is 0 Å². The molecule has 0 atom stereocenters. The summed E-state index contributed by atoms with van der Waals surface area (Å²) >= 11 is 0. The first-order valence-electron chi connectivity index (χ1n) is 13.1. The van der Waals surface area contributed by atoms with Crippen LogP contribution in [0.1, 0.15) is 11.1 Å². The third kappa shape index (κ3) is 5.29. The molecule has 0 aliphatic rings. The molecule has 0 radical (unpaired) electrons. The summed E-state index contributed by atoms with van der Waals surface area (Å²) < 4.78 is 0. The van der Waals surface area contributed by atoms with E-state index in [-0.39, 0.29) is 0 Å². The first-order valence-corrected chi connectivity index (χ1v) is 13.1. The highest BCUT2D eigenvalue weighted by Gasteiger charge is 2.14. The van der Waals surface area contributed by atoms with Gasteiger partial charge in [-0.05, 0) is 106 Å². The maximum absolute atomic E-state index is 9.46. The second-order valence-corrected chi connectivity index (χ2v) is 9.43. The molecule has 41 heavy (non-hydrogen) atoms. The predicted octanol–water partition coefficient (Wildman–Crippen LogP) is 8.69. The Balaban J connectivity index is 1.38. The third-order valence-electron chi connectivity index (χ3n) is 7.00. The highest BCUT2D eigenvalue weighted by molar-refractivity contribution is 5.81. The van der Waals surface area contributed by atoms with Crippen LogP contribution in [0.25, 0.3) is 33.4 Å². The van der Waals surface area contributed by atoms with Gasteiger partial charge in [0.05, 0.1) is 11.1 Å². The van der Waals surface area contributed by atoms with Crippen LogP contribution < -0.4 is 4.90 Å². The zero-order valence-electron chi connectivity index (χ0n) is 22.0. The van der Waals surface area contributed by atoms with E-state index in [1.165, 1.54) is 0 Å². The molecule has 2 heterocycles. The first kappa shape index (κ1) is 25.2.